The minimum atomic E-state index is -0.884. The van der Waals surface area contributed by atoms with Gasteiger partial charge >= 0.3 is 12.1 Å². The third kappa shape index (κ3) is 9.70. The number of nitrogens with one attached hydrogen (secondary N) is 2. The van der Waals surface area contributed by atoms with Gasteiger partial charge in [0.05, 0.1) is 0 Å². The highest BCUT2D eigenvalue weighted by Crippen LogP contribution is 2.21. The van der Waals surface area contributed by atoms with Crippen molar-refractivity contribution in [1.29, 1.82) is 0 Å². The van der Waals surface area contributed by atoms with Gasteiger partial charge < -0.3 is 20.1 Å². The molecular weight excluding hydrogens is 474 g/mol. The minimum absolute atomic E-state index is 0.108. The molecule has 206 valence electrons. The van der Waals surface area contributed by atoms with Crippen molar-refractivity contribution in [3.8, 4) is 0 Å². The van der Waals surface area contributed by atoms with Gasteiger partial charge in [-0.25, -0.2) is 9.59 Å². The van der Waals surface area contributed by atoms with Gasteiger partial charge in [0.15, 0.2) is 0 Å². The molecule has 1 fully saturated rings. The first-order chi connectivity index (χ1) is 17.3. The Balaban J connectivity index is 2.06. The number of esters is 1. The van der Waals surface area contributed by atoms with Crippen LogP contribution in [-0.2, 0) is 30.5 Å². The molecule has 1 aromatic carbocycles. The van der Waals surface area contributed by atoms with Gasteiger partial charge in [-0.1, -0.05) is 58.0 Å². The van der Waals surface area contributed by atoms with Gasteiger partial charge in [0.25, 0.3) is 0 Å². The first kappa shape index (κ1) is 30.1. The van der Waals surface area contributed by atoms with E-state index in [0.29, 0.717) is 25.8 Å². The Kier molecular flexibility index (Phi) is 10.9. The summed E-state index contributed by atoms with van der Waals surface area (Å²) in [6.07, 6.45) is 1.00. The topological polar surface area (TPSA) is 114 Å². The van der Waals surface area contributed by atoms with Crippen LogP contribution in [0.2, 0.25) is 0 Å². The molecule has 0 saturated carbocycles. The molecule has 3 atom stereocenters. The normalized spacial score (nSPS) is 17.3. The summed E-state index contributed by atoms with van der Waals surface area (Å²) in [7, 11) is 0. The molecule has 9 nitrogen and oxygen atoms in total. The third-order valence-electron chi connectivity index (χ3n) is 5.96. The molecule has 1 aliphatic rings. The van der Waals surface area contributed by atoms with Crippen LogP contribution in [0.25, 0.3) is 0 Å². The van der Waals surface area contributed by atoms with E-state index in [9.17, 15) is 19.2 Å². The summed E-state index contributed by atoms with van der Waals surface area (Å²) < 4.78 is 10.9. The molecule has 0 spiro atoms. The monoisotopic (exact) mass is 517 g/mol. The maximum Gasteiger partial charge on any atom is 0.410 e. The fourth-order valence-corrected chi connectivity index (χ4v) is 4.14. The van der Waals surface area contributed by atoms with Crippen LogP contribution in [0.1, 0.15) is 73.3 Å². The summed E-state index contributed by atoms with van der Waals surface area (Å²) in [5, 5.41) is 5.60. The van der Waals surface area contributed by atoms with Gasteiger partial charge in [0.1, 0.15) is 30.3 Å². The van der Waals surface area contributed by atoms with Crippen LogP contribution in [-0.4, -0.2) is 59.0 Å². The molecule has 1 saturated heterocycles. The van der Waals surface area contributed by atoms with Crippen molar-refractivity contribution in [3.63, 3.8) is 0 Å². The lowest BCUT2D eigenvalue weighted by Gasteiger charge is -2.30. The van der Waals surface area contributed by atoms with Crippen LogP contribution < -0.4 is 10.6 Å². The Morgan fingerprint density at radius 2 is 1.68 bits per heavy atom. The second kappa shape index (κ2) is 13.4. The van der Waals surface area contributed by atoms with Gasteiger partial charge in [0, 0.05) is 6.54 Å². The molecular formula is C28H43N3O6. The predicted molar refractivity (Wildman–Crippen MR) is 140 cm³/mol. The van der Waals surface area contributed by atoms with Crippen LogP contribution in [0.4, 0.5) is 4.79 Å². The maximum absolute atomic E-state index is 13.3. The zero-order valence-corrected chi connectivity index (χ0v) is 23.2. The largest absolute Gasteiger partial charge is 0.459 e. The smallest absolute Gasteiger partial charge is 0.410 e. The Labute approximate surface area is 220 Å². The number of rotatable bonds is 10. The van der Waals surface area contributed by atoms with Crippen molar-refractivity contribution in [2.45, 2.75) is 98.1 Å². The highest BCUT2D eigenvalue weighted by Gasteiger charge is 2.39. The minimum Gasteiger partial charge on any atom is -0.459 e. The Hall–Kier alpha value is -3.10. The van der Waals surface area contributed by atoms with Crippen LogP contribution in [0, 0.1) is 11.8 Å². The van der Waals surface area contributed by atoms with Crippen LogP contribution in [0.5, 0.6) is 0 Å². The molecule has 0 aliphatic carbocycles. The molecule has 0 unspecified atom stereocenters. The lowest BCUT2D eigenvalue weighted by molar-refractivity contribution is -0.150. The summed E-state index contributed by atoms with van der Waals surface area (Å²) in [6, 6.07) is 6.87. The average molecular weight is 518 g/mol. The summed E-state index contributed by atoms with van der Waals surface area (Å²) >= 11 is 0. The number of amides is 3. The molecule has 9 heteroatoms. The molecule has 1 aromatic rings. The number of benzene rings is 1. The molecule has 3 amide bonds. The number of carbonyl (C=O) groups is 4. The van der Waals surface area contributed by atoms with Crippen molar-refractivity contribution in [1.82, 2.24) is 15.5 Å². The second-order valence-corrected chi connectivity index (χ2v) is 11.3. The van der Waals surface area contributed by atoms with Crippen LogP contribution >= 0.6 is 0 Å². The quantitative estimate of drug-likeness (QED) is 0.457. The number of ether oxygens (including phenoxy) is 2. The molecule has 1 heterocycles. The van der Waals surface area contributed by atoms with Gasteiger partial charge in [0.2, 0.25) is 11.8 Å². The first-order valence-electron chi connectivity index (χ1n) is 13.1. The predicted octanol–water partition coefficient (Wildman–Crippen LogP) is 3.80. The Bertz CT molecular complexity index is 926. The van der Waals surface area contributed by atoms with Crippen LogP contribution in [0.3, 0.4) is 0 Å². The molecule has 0 aromatic heterocycles. The Morgan fingerprint density at radius 3 is 2.24 bits per heavy atom. The van der Waals surface area contributed by atoms with E-state index in [-0.39, 0.29) is 18.4 Å². The molecule has 0 bridgehead atoms. The standard InChI is InChI=1S/C28H43N3O6/c1-18(2)16-21(26(34)36-17-20-12-9-8-10-13-20)29-25(33)23(19(3)4)30-24(32)22-14-11-15-31(22)27(35)37-28(5,6)7/h8-10,12-13,18-19,21-23H,11,14-17H2,1-7H3,(H,29,33)(H,30,32)/t21-,22-,23+/m0/s1. The molecule has 1 aliphatic heterocycles. The van der Waals surface area contributed by atoms with Crippen molar-refractivity contribution in [3.05, 3.63) is 35.9 Å². The lowest BCUT2D eigenvalue weighted by atomic mass is 10.00. The number of nitrogens with zero attached hydrogens (tertiary/aromatic N) is 1. The lowest BCUT2D eigenvalue weighted by Crippen LogP contribution is -2.57. The van der Waals surface area contributed by atoms with Crippen LogP contribution in [0.15, 0.2) is 30.3 Å². The molecule has 2 rings (SSSR count). The zero-order chi connectivity index (χ0) is 27.8. The second-order valence-electron chi connectivity index (χ2n) is 11.3. The SMILES string of the molecule is CC(C)C[C@H](NC(=O)[C@H](NC(=O)[C@@H]1CCCN1C(=O)OC(C)(C)C)C(C)C)C(=O)OCc1ccccc1. The summed E-state index contributed by atoms with van der Waals surface area (Å²) in [6.45, 7) is 13.4. The molecule has 0 radical (unpaired) electrons. The first-order valence-corrected chi connectivity index (χ1v) is 13.1. The highest BCUT2D eigenvalue weighted by atomic mass is 16.6. The van der Waals surface area contributed by atoms with Gasteiger partial charge in [-0.3, -0.25) is 14.5 Å². The van der Waals surface area contributed by atoms with Crippen molar-refractivity contribution < 1.29 is 28.7 Å². The van der Waals surface area contributed by atoms with E-state index in [0.717, 1.165) is 5.56 Å². The average Bonchev–Trinajstić information content (AvgIpc) is 3.30. The number of likely N-dealkylation sites (tertiary alicyclic amines) is 1. The van der Waals surface area contributed by atoms with E-state index in [4.69, 9.17) is 9.47 Å². The number of hydrogen-bond donors (Lipinski definition) is 2. The van der Waals surface area contributed by atoms with E-state index >= 15 is 0 Å². The fraction of sp³-hybridized carbons (Fsp3) is 0.643. The van der Waals surface area contributed by atoms with Gasteiger partial charge in [-0.2, -0.15) is 0 Å². The fourth-order valence-electron chi connectivity index (χ4n) is 4.14. The van der Waals surface area contributed by atoms with Crippen molar-refractivity contribution in [2.24, 2.45) is 11.8 Å². The summed E-state index contributed by atoms with van der Waals surface area (Å²) in [5.74, 6) is -1.52. The van der Waals surface area contributed by atoms with Gasteiger partial charge in [-0.15, -0.1) is 0 Å². The number of carbonyl (C=O) groups excluding carboxylic acids is 4. The van der Waals surface area contributed by atoms with E-state index in [1.165, 1.54) is 4.90 Å². The zero-order valence-electron chi connectivity index (χ0n) is 23.2. The summed E-state index contributed by atoms with van der Waals surface area (Å²) in [5.41, 5.74) is 0.172. The van der Waals surface area contributed by atoms with Gasteiger partial charge in [-0.05, 0) is 57.4 Å². The van der Waals surface area contributed by atoms with E-state index in [1.54, 1.807) is 20.8 Å². The number of hydrogen-bond acceptors (Lipinski definition) is 6. The van der Waals surface area contributed by atoms with E-state index in [1.807, 2.05) is 58.0 Å². The highest BCUT2D eigenvalue weighted by molar-refractivity contribution is 5.93. The summed E-state index contributed by atoms with van der Waals surface area (Å²) in [4.78, 5) is 53.3. The Morgan fingerprint density at radius 1 is 1.03 bits per heavy atom. The maximum atomic E-state index is 13.3. The molecule has 2 N–H and O–H groups in total. The van der Waals surface area contributed by atoms with E-state index < -0.39 is 47.6 Å². The third-order valence-corrected chi connectivity index (χ3v) is 5.96. The molecule has 37 heavy (non-hydrogen) atoms. The van der Waals surface area contributed by atoms with Crippen molar-refractivity contribution in [2.75, 3.05) is 6.54 Å². The van der Waals surface area contributed by atoms with Crippen molar-refractivity contribution >= 4 is 23.9 Å². The van der Waals surface area contributed by atoms with E-state index in [2.05, 4.69) is 10.6 Å².